The van der Waals surface area contributed by atoms with Gasteiger partial charge in [0.1, 0.15) is 12.4 Å². The second-order valence-electron chi connectivity index (χ2n) is 8.16. The van der Waals surface area contributed by atoms with Crippen LogP contribution < -0.4 is 30.3 Å². The molecule has 0 aromatic heterocycles. The Morgan fingerprint density at radius 1 is 1.13 bits per heavy atom. The molecule has 4 N–H and O–H groups in total. The molecule has 0 bridgehead atoms. The summed E-state index contributed by atoms with van der Waals surface area (Å²) in [5.41, 5.74) is 4.65. The van der Waals surface area contributed by atoms with Crippen molar-refractivity contribution < 1.29 is 33.6 Å². The number of carbonyl (C=O) groups is 2. The second-order valence-corrected chi connectivity index (χ2v) is 9.87. The lowest BCUT2D eigenvalue weighted by molar-refractivity contribution is -0.136. The molecule has 0 unspecified atom stereocenters. The number of esters is 1. The van der Waals surface area contributed by atoms with Crippen LogP contribution in [0.3, 0.4) is 0 Å². The van der Waals surface area contributed by atoms with Crippen molar-refractivity contribution in [2.75, 3.05) is 26.9 Å². The summed E-state index contributed by atoms with van der Waals surface area (Å²) in [7, 11) is 1.28. The topological polar surface area (TPSA) is 140 Å². The van der Waals surface area contributed by atoms with E-state index in [-0.39, 0.29) is 12.2 Å². The van der Waals surface area contributed by atoms with Crippen LogP contribution in [0.5, 0.6) is 17.2 Å². The number of aliphatic hydroxyl groups excluding tert-OH is 1. The molecule has 1 heterocycles. The second kappa shape index (κ2) is 14.2. The number of allylic oxidation sites excluding steroid dienone is 1. The highest BCUT2D eigenvalue weighted by Crippen LogP contribution is 2.35. The molecule has 2 atom stereocenters. The van der Waals surface area contributed by atoms with E-state index in [0.717, 1.165) is 14.5 Å². The van der Waals surface area contributed by atoms with Gasteiger partial charge in [0, 0.05) is 5.70 Å². The number of amides is 2. The van der Waals surface area contributed by atoms with E-state index in [0.29, 0.717) is 41.7 Å². The molecule has 2 aromatic carbocycles. The first-order chi connectivity index (χ1) is 18.7. The fourth-order valence-electron chi connectivity index (χ4n) is 3.76. The van der Waals surface area contributed by atoms with Gasteiger partial charge in [0.2, 0.25) is 0 Å². The molecule has 3 rings (SSSR count). The summed E-state index contributed by atoms with van der Waals surface area (Å²) >= 11 is 6.95. The number of nitrogens with zero attached hydrogens (tertiary/aromatic N) is 1. The van der Waals surface area contributed by atoms with Crippen LogP contribution in [0.1, 0.15) is 37.9 Å². The minimum Gasteiger partial charge on any atom is -0.492 e. The monoisotopic (exact) mass is 668 g/mol. The van der Waals surface area contributed by atoms with Crippen molar-refractivity contribution in [3.8, 4) is 17.2 Å². The van der Waals surface area contributed by atoms with Crippen LogP contribution in [0.15, 0.2) is 55.6 Å². The fraction of sp³-hybridized carbons (Fsp3) is 0.346. The predicted octanol–water partition coefficient (Wildman–Crippen LogP) is 4.13. The number of carbonyl (C=O) groups excluding carboxylic acids is 2. The molecule has 0 aliphatic carbocycles. The average molecular weight is 670 g/mol. The van der Waals surface area contributed by atoms with Gasteiger partial charge in [0.15, 0.2) is 17.7 Å². The third-order valence-corrected chi connectivity index (χ3v) is 6.60. The fourth-order valence-corrected chi connectivity index (χ4v) is 5.21. The molecule has 1 aliphatic heterocycles. The lowest BCUT2D eigenvalue weighted by atomic mass is 9.95. The van der Waals surface area contributed by atoms with Gasteiger partial charge in [-0.1, -0.05) is 6.07 Å². The van der Waals surface area contributed by atoms with Crippen molar-refractivity contribution in [3.63, 3.8) is 0 Å². The molecule has 11 nitrogen and oxygen atoms in total. The molecule has 0 radical (unpaired) electrons. The Kier molecular flexibility index (Phi) is 11.0. The van der Waals surface area contributed by atoms with Crippen molar-refractivity contribution in [1.29, 1.82) is 0 Å². The number of hydrogen-bond acceptors (Lipinski definition) is 9. The maximum Gasteiger partial charge on any atom is 0.337 e. The summed E-state index contributed by atoms with van der Waals surface area (Å²) in [6.45, 7) is 6.09. The number of aliphatic hydroxyl groups is 1. The molecule has 2 amide bonds. The third kappa shape index (κ3) is 7.87. The molecule has 13 heteroatoms. The van der Waals surface area contributed by atoms with Crippen LogP contribution in [0, 0.1) is 0 Å². The summed E-state index contributed by atoms with van der Waals surface area (Å²) in [6, 6.07) is 7.50. The Hall–Kier alpha value is -3.29. The van der Waals surface area contributed by atoms with E-state index in [4.69, 9.17) is 18.9 Å². The Bertz CT molecular complexity index is 1250. The molecule has 0 saturated carbocycles. The van der Waals surface area contributed by atoms with Crippen LogP contribution >= 0.6 is 31.9 Å². The number of hydrazone groups is 1. The van der Waals surface area contributed by atoms with Gasteiger partial charge in [-0.3, -0.25) is 5.43 Å². The summed E-state index contributed by atoms with van der Waals surface area (Å²) in [4.78, 5) is 24.5. The van der Waals surface area contributed by atoms with Crippen molar-refractivity contribution in [1.82, 2.24) is 16.1 Å². The summed E-state index contributed by atoms with van der Waals surface area (Å²) in [5.74, 6) is 0.875. The Balaban J connectivity index is 1.69. The maximum absolute atomic E-state index is 12.4. The minimum absolute atomic E-state index is 0.135. The Labute approximate surface area is 243 Å². The van der Waals surface area contributed by atoms with E-state index < -0.39 is 24.3 Å². The zero-order valence-corrected chi connectivity index (χ0v) is 25.0. The van der Waals surface area contributed by atoms with E-state index in [2.05, 4.69) is 53.0 Å². The smallest absolute Gasteiger partial charge is 0.337 e. The Morgan fingerprint density at radius 3 is 2.46 bits per heavy atom. The number of benzene rings is 2. The van der Waals surface area contributed by atoms with E-state index in [9.17, 15) is 14.7 Å². The standard InChI is InChI=1S/C26H30Br2N4O7/c1-5-37-20-11-16(23-22(25(34)36-4)14(3)30-26(35)31-23)7-8-19(20)39-13-21(33)32-29-12-15-9-17(27)24(38-6-2)18(28)10-15/h7-12,21,23,32-33H,5-6,13H2,1-4H3,(H2,30,31,35)/b29-12-/t21-,23+/m1/s1. The molecule has 0 spiro atoms. The van der Waals surface area contributed by atoms with E-state index in [1.54, 1.807) is 31.3 Å². The normalized spacial score (nSPS) is 15.9. The van der Waals surface area contributed by atoms with Gasteiger partial charge in [-0.2, -0.15) is 5.10 Å². The van der Waals surface area contributed by atoms with E-state index >= 15 is 0 Å². The van der Waals surface area contributed by atoms with Crippen LogP contribution in [0.25, 0.3) is 0 Å². The van der Waals surface area contributed by atoms with Crippen LogP contribution in [0.2, 0.25) is 0 Å². The van der Waals surface area contributed by atoms with Crippen LogP contribution in [-0.2, 0) is 9.53 Å². The van der Waals surface area contributed by atoms with Gasteiger partial charge < -0.3 is 34.7 Å². The molecule has 0 fully saturated rings. The number of halogens is 2. The van der Waals surface area contributed by atoms with Gasteiger partial charge in [-0.15, -0.1) is 0 Å². The SMILES string of the molecule is CCOc1cc([C@@H]2NC(=O)NC(C)=C2C(=O)OC)ccc1OC[C@@H](O)N/N=C\c1cc(Br)c(OCC)c(Br)c1. The number of urea groups is 1. The van der Waals surface area contributed by atoms with E-state index in [1.807, 2.05) is 26.0 Å². The first kappa shape index (κ1) is 30.3. The largest absolute Gasteiger partial charge is 0.492 e. The lowest BCUT2D eigenvalue weighted by Gasteiger charge is -2.28. The van der Waals surface area contributed by atoms with Gasteiger partial charge >= 0.3 is 12.0 Å². The number of nitrogens with one attached hydrogen (secondary N) is 3. The van der Waals surface area contributed by atoms with Crippen LogP contribution in [0.4, 0.5) is 4.79 Å². The number of ether oxygens (including phenoxy) is 4. The number of rotatable bonds is 12. The Morgan fingerprint density at radius 2 is 1.82 bits per heavy atom. The highest BCUT2D eigenvalue weighted by Gasteiger charge is 2.32. The maximum atomic E-state index is 12.4. The summed E-state index contributed by atoms with van der Waals surface area (Å²) in [6.07, 6.45) is 0.432. The zero-order valence-electron chi connectivity index (χ0n) is 21.8. The average Bonchev–Trinajstić information content (AvgIpc) is 2.89. The van der Waals surface area contributed by atoms with Gasteiger partial charge in [-0.25, -0.2) is 9.59 Å². The van der Waals surface area contributed by atoms with Gasteiger partial charge in [0.25, 0.3) is 0 Å². The third-order valence-electron chi connectivity index (χ3n) is 5.42. The quantitative estimate of drug-likeness (QED) is 0.115. The van der Waals surface area contributed by atoms with Gasteiger partial charge in [0.05, 0.1) is 47.1 Å². The summed E-state index contributed by atoms with van der Waals surface area (Å²) in [5, 5.41) is 19.7. The molecular weight excluding hydrogens is 640 g/mol. The van der Waals surface area contributed by atoms with Crippen molar-refractivity contribution >= 4 is 50.1 Å². The van der Waals surface area contributed by atoms with E-state index in [1.165, 1.54) is 7.11 Å². The van der Waals surface area contributed by atoms with Crippen molar-refractivity contribution in [3.05, 3.63) is 61.7 Å². The van der Waals surface area contributed by atoms with Crippen molar-refractivity contribution in [2.45, 2.75) is 33.0 Å². The molecule has 1 aliphatic rings. The highest BCUT2D eigenvalue weighted by atomic mass is 79.9. The van der Waals surface area contributed by atoms with Crippen LogP contribution in [-0.4, -0.2) is 56.5 Å². The van der Waals surface area contributed by atoms with Crippen molar-refractivity contribution in [2.24, 2.45) is 5.10 Å². The van der Waals surface area contributed by atoms with Gasteiger partial charge in [-0.05, 0) is 88.0 Å². The molecule has 0 saturated heterocycles. The predicted molar refractivity (Wildman–Crippen MR) is 152 cm³/mol. The molecule has 210 valence electrons. The zero-order chi connectivity index (χ0) is 28.5. The highest BCUT2D eigenvalue weighted by molar-refractivity contribution is 9.11. The molecular formula is C26H30Br2N4O7. The number of methoxy groups -OCH3 is 1. The summed E-state index contributed by atoms with van der Waals surface area (Å²) < 4.78 is 23.5. The minimum atomic E-state index is -1.12. The molecule has 2 aromatic rings. The first-order valence-electron chi connectivity index (χ1n) is 12.0. The first-order valence-corrected chi connectivity index (χ1v) is 13.6. The molecule has 39 heavy (non-hydrogen) atoms. The number of hydrogen-bond donors (Lipinski definition) is 4. The lowest BCUT2D eigenvalue weighted by Crippen LogP contribution is -2.45.